The summed E-state index contributed by atoms with van der Waals surface area (Å²) in [7, 11) is 0. The number of carbonyl (C=O) groups is 1. The van der Waals surface area contributed by atoms with Crippen LogP contribution in [0.5, 0.6) is 0 Å². The highest BCUT2D eigenvalue weighted by Gasteiger charge is 2.42. The monoisotopic (exact) mass is 369 g/mol. The molecule has 0 radical (unpaired) electrons. The van der Waals surface area contributed by atoms with Gasteiger partial charge in [-0.15, -0.1) is 26.6 Å². The highest BCUT2D eigenvalue weighted by molar-refractivity contribution is 7.07. The lowest BCUT2D eigenvalue weighted by atomic mass is 10.0. The van der Waals surface area contributed by atoms with E-state index in [0.29, 0.717) is 17.5 Å². The van der Waals surface area contributed by atoms with Crippen LogP contribution in [0.1, 0.15) is 23.2 Å². The minimum Gasteiger partial charge on any atom is -0.354 e. The van der Waals surface area contributed by atoms with Crippen molar-refractivity contribution < 1.29 is 4.79 Å². The van der Waals surface area contributed by atoms with E-state index in [2.05, 4.69) is 27.0 Å². The Kier molecular flexibility index (Phi) is 3.63. The third-order valence-corrected chi connectivity index (χ3v) is 5.96. The van der Waals surface area contributed by atoms with Crippen molar-refractivity contribution >= 4 is 28.7 Å². The van der Waals surface area contributed by atoms with Crippen molar-refractivity contribution in [3.63, 3.8) is 0 Å². The summed E-state index contributed by atoms with van der Waals surface area (Å²) in [6.07, 6.45) is 0.802. The fraction of sp³-hybridized carbons (Fsp3) is 0.471. The third kappa shape index (κ3) is 2.45. The predicted molar refractivity (Wildman–Crippen MR) is 97.4 cm³/mol. The number of thiazole rings is 1. The van der Waals surface area contributed by atoms with Crippen molar-refractivity contribution in [2.75, 3.05) is 31.1 Å². The minimum atomic E-state index is 0.0591. The lowest BCUT2D eigenvalue weighted by Crippen LogP contribution is -2.33. The summed E-state index contributed by atoms with van der Waals surface area (Å²) in [5, 5.41) is 14.9. The highest BCUT2D eigenvalue weighted by atomic mass is 32.1. The highest BCUT2D eigenvalue weighted by Crippen LogP contribution is 2.34. The molecule has 0 N–H and O–H groups in total. The fourth-order valence-corrected chi connectivity index (χ4v) is 4.56. The first-order valence-corrected chi connectivity index (χ1v) is 9.81. The van der Waals surface area contributed by atoms with Crippen molar-refractivity contribution in [1.29, 1.82) is 0 Å². The Morgan fingerprint density at radius 2 is 2.00 bits per heavy atom. The van der Waals surface area contributed by atoms with Gasteiger partial charge in [0.2, 0.25) is 0 Å². The Balaban J connectivity index is 1.31. The molecule has 0 aromatic carbocycles. The molecule has 3 aromatic heterocycles. The number of rotatable bonds is 3. The molecule has 26 heavy (non-hydrogen) atoms. The Labute approximate surface area is 154 Å². The summed E-state index contributed by atoms with van der Waals surface area (Å²) in [5.41, 5.74) is 3.06. The van der Waals surface area contributed by atoms with Gasteiger partial charge >= 0.3 is 0 Å². The van der Waals surface area contributed by atoms with Gasteiger partial charge in [0.25, 0.3) is 5.91 Å². The molecule has 3 aromatic rings. The summed E-state index contributed by atoms with van der Waals surface area (Å²) in [6.45, 7) is 5.50. The molecule has 0 saturated carbocycles. The average molecular weight is 369 g/mol. The Hall–Kier alpha value is -2.55. The summed E-state index contributed by atoms with van der Waals surface area (Å²) in [6, 6.07) is 3.99. The van der Waals surface area contributed by atoms with E-state index >= 15 is 0 Å². The van der Waals surface area contributed by atoms with Crippen molar-refractivity contribution in [3.8, 4) is 0 Å². The van der Waals surface area contributed by atoms with E-state index in [0.717, 1.165) is 49.9 Å². The predicted octanol–water partition coefficient (Wildman–Crippen LogP) is 1.35. The van der Waals surface area contributed by atoms with Crippen LogP contribution >= 0.6 is 11.3 Å². The second-order valence-electron chi connectivity index (χ2n) is 6.94. The lowest BCUT2D eigenvalue weighted by Gasteiger charge is -2.22. The van der Waals surface area contributed by atoms with Crippen molar-refractivity contribution in [2.24, 2.45) is 11.8 Å². The molecular formula is C17H19N7OS. The van der Waals surface area contributed by atoms with Gasteiger partial charge in [-0.25, -0.2) is 4.98 Å². The molecule has 134 valence electrons. The first-order chi connectivity index (χ1) is 12.7. The summed E-state index contributed by atoms with van der Waals surface area (Å²) >= 11 is 1.46. The Bertz CT molecular complexity index is 939. The van der Waals surface area contributed by atoms with Gasteiger partial charge < -0.3 is 9.80 Å². The Morgan fingerprint density at radius 3 is 2.69 bits per heavy atom. The van der Waals surface area contributed by atoms with E-state index in [1.807, 2.05) is 26.9 Å². The molecule has 5 heterocycles. The molecule has 2 fully saturated rings. The molecule has 5 rings (SSSR count). The van der Waals surface area contributed by atoms with Crippen LogP contribution in [-0.4, -0.2) is 61.8 Å². The van der Waals surface area contributed by atoms with Gasteiger partial charge in [-0.3, -0.25) is 4.79 Å². The summed E-state index contributed by atoms with van der Waals surface area (Å²) in [4.78, 5) is 20.9. The number of hydrogen-bond acceptors (Lipinski definition) is 7. The number of fused-ring (bicyclic) bond motifs is 2. The van der Waals surface area contributed by atoms with Crippen LogP contribution in [-0.2, 0) is 6.42 Å². The lowest BCUT2D eigenvalue weighted by molar-refractivity contribution is 0.0777. The fourth-order valence-electron chi connectivity index (χ4n) is 4.04. The third-order valence-electron chi connectivity index (χ3n) is 5.38. The van der Waals surface area contributed by atoms with E-state index < -0.39 is 0 Å². The summed E-state index contributed by atoms with van der Waals surface area (Å²) < 4.78 is 1.83. The maximum absolute atomic E-state index is 12.5. The molecule has 0 aliphatic carbocycles. The number of likely N-dealkylation sites (tertiary alicyclic amines) is 1. The smallest absolute Gasteiger partial charge is 0.273 e. The molecule has 1 amide bonds. The zero-order valence-electron chi connectivity index (χ0n) is 14.4. The molecule has 0 spiro atoms. The SMILES string of the molecule is CCc1nnc2ccc(N3CC4CN(C(=O)c5cscn5)CC4C3)nn12. The van der Waals surface area contributed by atoms with Crippen LogP contribution in [0.25, 0.3) is 5.65 Å². The molecule has 2 saturated heterocycles. The van der Waals surface area contributed by atoms with Gasteiger partial charge in [0.15, 0.2) is 11.5 Å². The zero-order valence-corrected chi connectivity index (χ0v) is 15.3. The van der Waals surface area contributed by atoms with Gasteiger partial charge in [0, 0.05) is 49.8 Å². The van der Waals surface area contributed by atoms with E-state index in [-0.39, 0.29) is 5.91 Å². The van der Waals surface area contributed by atoms with E-state index in [1.54, 1.807) is 5.51 Å². The van der Waals surface area contributed by atoms with Crippen LogP contribution in [0, 0.1) is 11.8 Å². The van der Waals surface area contributed by atoms with Crippen molar-refractivity contribution in [2.45, 2.75) is 13.3 Å². The molecule has 2 aliphatic rings. The zero-order chi connectivity index (χ0) is 17.7. The standard InChI is InChI=1S/C17H19N7OS/c1-2-14-19-20-15-3-4-16(21-24(14)15)22-5-11-7-23(8-12(11)6-22)17(25)13-9-26-10-18-13/h3-4,9-12H,2,5-8H2,1H3. The second kappa shape index (κ2) is 6.01. The van der Waals surface area contributed by atoms with Gasteiger partial charge in [-0.2, -0.15) is 4.52 Å². The molecule has 0 bridgehead atoms. The largest absolute Gasteiger partial charge is 0.354 e. The number of aromatic nitrogens is 5. The van der Waals surface area contributed by atoms with Crippen LogP contribution in [0.4, 0.5) is 5.82 Å². The maximum Gasteiger partial charge on any atom is 0.273 e. The average Bonchev–Trinajstić information content (AvgIpc) is 3.42. The molecule has 2 atom stereocenters. The number of aryl methyl sites for hydroxylation is 1. The summed E-state index contributed by atoms with van der Waals surface area (Å²) in [5.74, 6) is 2.87. The van der Waals surface area contributed by atoms with Gasteiger partial charge in [0.1, 0.15) is 11.5 Å². The van der Waals surface area contributed by atoms with Crippen LogP contribution in [0.15, 0.2) is 23.0 Å². The number of hydrogen-bond donors (Lipinski definition) is 0. The minimum absolute atomic E-state index is 0.0591. The van der Waals surface area contributed by atoms with E-state index in [9.17, 15) is 4.79 Å². The normalized spacial score (nSPS) is 22.3. The topological polar surface area (TPSA) is 79.5 Å². The first kappa shape index (κ1) is 15.7. The van der Waals surface area contributed by atoms with E-state index in [4.69, 9.17) is 5.10 Å². The molecule has 2 aliphatic heterocycles. The first-order valence-electron chi connectivity index (χ1n) is 8.86. The van der Waals surface area contributed by atoms with E-state index in [1.165, 1.54) is 11.3 Å². The van der Waals surface area contributed by atoms with Crippen molar-refractivity contribution in [3.05, 3.63) is 34.5 Å². The van der Waals surface area contributed by atoms with Crippen molar-refractivity contribution in [1.82, 2.24) is 29.7 Å². The van der Waals surface area contributed by atoms with Crippen LogP contribution in [0.3, 0.4) is 0 Å². The Morgan fingerprint density at radius 1 is 1.19 bits per heavy atom. The van der Waals surface area contributed by atoms with Gasteiger partial charge in [-0.05, 0) is 12.1 Å². The van der Waals surface area contributed by atoms with Crippen LogP contribution in [0.2, 0.25) is 0 Å². The number of anilines is 1. The van der Waals surface area contributed by atoms with Gasteiger partial charge in [-0.1, -0.05) is 6.92 Å². The molecule has 8 nitrogen and oxygen atoms in total. The molecule has 2 unspecified atom stereocenters. The molecular weight excluding hydrogens is 350 g/mol. The maximum atomic E-state index is 12.5. The quantitative estimate of drug-likeness (QED) is 0.693. The second-order valence-corrected chi connectivity index (χ2v) is 7.66. The van der Waals surface area contributed by atoms with Gasteiger partial charge in [0.05, 0.1) is 5.51 Å². The molecule has 9 heteroatoms. The number of amides is 1. The number of carbonyl (C=O) groups excluding carboxylic acids is 1. The van der Waals surface area contributed by atoms with Crippen LogP contribution < -0.4 is 4.90 Å². The number of nitrogens with zero attached hydrogens (tertiary/aromatic N) is 7.